The van der Waals surface area contributed by atoms with E-state index in [2.05, 4.69) is 20.0 Å². The van der Waals surface area contributed by atoms with E-state index in [0.29, 0.717) is 0 Å². The lowest BCUT2D eigenvalue weighted by atomic mass is 10.0. The Kier molecular flexibility index (Phi) is 7.22. The van der Waals surface area contributed by atoms with Crippen LogP contribution in [0.25, 0.3) is 11.2 Å². The number of para-hydroxylation sites is 1. The van der Waals surface area contributed by atoms with Gasteiger partial charge >= 0.3 is 13.7 Å². The first-order valence-electron chi connectivity index (χ1n) is 12.2. The molecule has 39 heavy (non-hydrogen) atoms. The van der Waals surface area contributed by atoms with Gasteiger partial charge in [-0.2, -0.15) is 10.1 Å². The summed E-state index contributed by atoms with van der Waals surface area (Å²) in [4.78, 5) is 35.2. The third-order valence-corrected chi connectivity index (χ3v) is 7.86. The molecule has 6 unspecified atom stereocenters. The van der Waals surface area contributed by atoms with E-state index in [-0.39, 0.29) is 35.6 Å². The number of benzene rings is 1. The summed E-state index contributed by atoms with van der Waals surface area (Å²) in [7, 11) is -4.23. The van der Waals surface area contributed by atoms with Crippen LogP contribution >= 0.6 is 7.75 Å². The van der Waals surface area contributed by atoms with Crippen molar-refractivity contribution in [3.63, 3.8) is 0 Å². The van der Waals surface area contributed by atoms with Gasteiger partial charge < -0.3 is 29.6 Å². The van der Waals surface area contributed by atoms with Crippen molar-refractivity contribution in [2.45, 2.75) is 57.0 Å². The minimum absolute atomic E-state index is 0.0302. The Bertz CT molecular complexity index is 1460. The fraction of sp³-hybridized carbons (Fsp3) is 0.478. The Balaban J connectivity index is 1.38. The number of H-pyrrole nitrogens is 1. The van der Waals surface area contributed by atoms with Crippen molar-refractivity contribution in [1.82, 2.24) is 24.6 Å². The first-order valence-corrected chi connectivity index (χ1v) is 13.7. The summed E-state index contributed by atoms with van der Waals surface area (Å²) in [6.45, 7) is 4.32. The zero-order chi connectivity index (χ0) is 27.9. The predicted molar refractivity (Wildman–Crippen MR) is 136 cm³/mol. The molecule has 6 atom stereocenters. The van der Waals surface area contributed by atoms with Crippen LogP contribution in [0.3, 0.4) is 0 Å². The molecule has 0 radical (unpaired) electrons. The maximum absolute atomic E-state index is 13.9. The molecule has 2 aromatic heterocycles. The van der Waals surface area contributed by atoms with E-state index >= 15 is 0 Å². The Morgan fingerprint density at radius 3 is 2.82 bits per heavy atom. The van der Waals surface area contributed by atoms with Crippen LogP contribution < -0.4 is 20.9 Å². The van der Waals surface area contributed by atoms with Gasteiger partial charge in [-0.15, -0.1) is 0 Å². The van der Waals surface area contributed by atoms with E-state index < -0.39 is 56.0 Å². The lowest BCUT2D eigenvalue weighted by molar-refractivity contribution is -0.183. The maximum atomic E-state index is 13.9. The number of anilines is 1. The number of aromatic nitrogens is 4. The molecule has 2 saturated heterocycles. The number of aliphatic hydroxyl groups excluding tert-OH is 1. The lowest BCUT2D eigenvalue weighted by Gasteiger charge is -2.32. The number of carbonyl (C=O) groups is 1. The molecule has 4 heterocycles. The summed E-state index contributed by atoms with van der Waals surface area (Å²) in [6.07, 6.45) is -2.10. The fourth-order valence-corrected chi connectivity index (χ4v) is 5.94. The fourth-order valence-electron chi connectivity index (χ4n) is 4.40. The van der Waals surface area contributed by atoms with E-state index in [0.717, 1.165) is 0 Å². The monoisotopic (exact) mass is 564 g/mol. The second kappa shape index (κ2) is 10.3. The van der Waals surface area contributed by atoms with Gasteiger partial charge in [0, 0.05) is 0 Å². The van der Waals surface area contributed by atoms with Gasteiger partial charge in [-0.25, -0.2) is 9.55 Å². The molecular formula is C23H29N6O9P. The highest BCUT2D eigenvalue weighted by atomic mass is 31.2. The van der Waals surface area contributed by atoms with Gasteiger partial charge in [0.2, 0.25) is 5.95 Å². The summed E-state index contributed by atoms with van der Waals surface area (Å²) in [6, 6.07) is 7.20. The number of nitrogen functional groups attached to an aromatic ring is 1. The Morgan fingerprint density at radius 1 is 1.36 bits per heavy atom. The van der Waals surface area contributed by atoms with Gasteiger partial charge in [0.1, 0.15) is 29.6 Å². The van der Waals surface area contributed by atoms with Gasteiger partial charge in [-0.3, -0.25) is 23.7 Å². The van der Waals surface area contributed by atoms with Gasteiger partial charge in [0.25, 0.3) is 5.56 Å². The van der Waals surface area contributed by atoms with E-state index in [9.17, 15) is 19.3 Å². The van der Waals surface area contributed by atoms with Crippen LogP contribution in [0, 0.1) is 0 Å². The van der Waals surface area contributed by atoms with Crippen LogP contribution in [0.15, 0.2) is 41.5 Å². The molecule has 5 N–H and O–H groups in total. The van der Waals surface area contributed by atoms with Gasteiger partial charge in [-0.1, -0.05) is 18.2 Å². The summed E-state index contributed by atoms with van der Waals surface area (Å²) >= 11 is 0. The molecule has 0 saturated carbocycles. The molecule has 0 aliphatic carbocycles. The highest BCUT2D eigenvalue weighted by Crippen LogP contribution is 2.50. The minimum Gasteiger partial charge on any atom is -0.462 e. The summed E-state index contributed by atoms with van der Waals surface area (Å²) in [5.41, 5.74) is 3.87. The third kappa shape index (κ3) is 5.29. The van der Waals surface area contributed by atoms with Crippen molar-refractivity contribution in [1.29, 1.82) is 0 Å². The van der Waals surface area contributed by atoms with Crippen LogP contribution in [0.1, 0.15) is 27.0 Å². The Hall–Kier alpha value is -3.33. The number of aromatic amines is 1. The first kappa shape index (κ1) is 27.2. The van der Waals surface area contributed by atoms with Gasteiger partial charge in [0.05, 0.1) is 25.6 Å². The predicted octanol–water partition coefficient (Wildman–Crippen LogP) is 0.863. The molecule has 2 aliphatic rings. The molecule has 2 bridgehead atoms. The maximum Gasteiger partial charge on any atom is 0.459 e. The molecule has 1 aromatic carbocycles. The highest BCUT2D eigenvalue weighted by Gasteiger charge is 2.63. The number of imidazole rings is 1. The van der Waals surface area contributed by atoms with Crippen LogP contribution in [0.4, 0.5) is 5.95 Å². The molecule has 210 valence electrons. The number of carbonyl (C=O) groups excluding carboxylic acids is 1. The number of hydrogen-bond donors (Lipinski definition) is 4. The van der Waals surface area contributed by atoms with Crippen molar-refractivity contribution >= 4 is 30.8 Å². The summed E-state index contributed by atoms with van der Waals surface area (Å²) in [5, 5.41) is 13.7. The second-order valence-corrected chi connectivity index (χ2v) is 11.3. The zero-order valence-corrected chi connectivity index (χ0v) is 22.2. The third-order valence-electron chi connectivity index (χ3n) is 6.24. The number of aliphatic hydroxyl groups is 1. The molecule has 15 nitrogen and oxygen atoms in total. The van der Waals surface area contributed by atoms with Crippen LogP contribution in [0.2, 0.25) is 0 Å². The molecule has 5 rings (SSSR count). The Morgan fingerprint density at radius 2 is 2.10 bits per heavy atom. The minimum atomic E-state index is -4.23. The number of nitrogens with one attached hydrogen (secondary N) is 2. The van der Waals surface area contributed by atoms with Crippen molar-refractivity contribution in [2.75, 3.05) is 18.9 Å². The zero-order valence-electron chi connectivity index (χ0n) is 21.3. The molecule has 2 fully saturated rings. The van der Waals surface area contributed by atoms with Crippen LogP contribution in [-0.2, 0) is 28.1 Å². The van der Waals surface area contributed by atoms with Crippen molar-refractivity contribution in [3.8, 4) is 5.75 Å². The SMILES string of the molecule is CC(C)OC(=O)C(C)NP(=O)(OCC12COC(C(n3cnc4c(=O)[nH]c(N)nc43)O1)C2O)Oc1ccccc1. The van der Waals surface area contributed by atoms with E-state index in [1.54, 1.807) is 44.2 Å². The summed E-state index contributed by atoms with van der Waals surface area (Å²) < 4.78 is 43.9. The standard InChI is InChI=1S/C23H29N6O9P/c1-12(2)36-21(32)13(3)28-39(33,38-14-7-5-4-6-8-14)35-10-23-9-34-16(17(23)30)20(37-23)29-11-25-15-18(29)26-22(24)27-19(15)31/h4-8,11-13,16-17,20,30H,9-10H2,1-3H3,(H,28,33)(H3,24,26,27,31). The molecule has 0 amide bonds. The van der Waals surface area contributed by atoms with Gasteiger partial charge in [0.15, 0.2) is 17.4 Å². The highest BCUT2D eigenvalue weighted by molar-refractivity contribution is 7.52. The number of ether oxygens (including phenoxy) is 3. The van der Waals surface area contributed by atoms with Crippen LogP contribution in [0.5, 0.6) is 5.75 Å². The smallest absolute Gasteiger partial charge is 0.459 e. The number of nitrogens with two attached hydrogens (primary N) is 1. The van der Waals surface area contributed by atoms with Gasteiger partial charge in [-0.05, 0) is 32.9 Å². The molecule has 3 aromatic rings. The van der Waals surface area contributed by atoms with Crippen molar-refractivity contribution in [3.05, 3.63) is 47.0 Å². The molecule has 0 spiro atoms. The average Bonchev–Trinajstić information content (AvgIpc) is 3.52. The first-order chi connectivity index (χ1) is 18.5. The van der Waals surface area contributed by atoms with Crippen molar-refractivity contribution < 1.29 is 37.7 Å². The molecule has 2 aliphatic heterocycles. The molecular weight excluding hydrogens is 535 g/mol. The topological polar surface area (TPSA) is 202 Å². The van der Waals surface area contributed by atoms with Crippen molar-refractivity contribution in [2.24, 2.45) is 0 Å². The van der Waals surface area contributed by atoms with Crippen LogP contribution in [-0.4, -0.2) is 73.8 Å². The van der Waals surface area contributed by atoms with E-state index in [4.69, 9.17) is 29.0 Å². The quantitative estimate of drug-likeness (QED) is 0.200. The second-order valence-electron chi connectivity index (χ2n) is 9.58. The number of rotatable bonds is 10. The number of fused-ring (bicyclic) bond motifs is 3. The van der Waals surface area contributed by atoms with E-state index in [1.807, 2.05) is 0 Å². The average molecular weight is 564 g/mol. The normalized spacial score (nSPS) is 26.5. The number of esters is 1. The lowest BCUT2D eigenvalue weighted by Crippen LogP contribution is -2.46. The Labute approximate surface area is 222 Å². The summed E-state index contributed by atoms with van der Waals surface area (Å²) in [5.74, 6) is -0.550. The molecule has 16 heteroatoms. The largest absolute Gasteiger partial charge is 0.462 e. The number of hydrogen-bond acceptors (Lipinski definition) is 12. The van der Waals surface area contributed by atoms with E-state index in [1.165, 1.54) is 17.8 Å². The number of nitrogens with zero attached hydrogens (tertiary/aromatic N) is 3.